The van der Waals surface area contributed by atoms with E-state index in [-0.39, 0.29) is 23.1 Å². The zero-order valence-electron chi connectivity index (χ0n) is 16.6. The fourth-order valence-corrected chi connectivity index (χ4v) is 3.31. The van der Waals surface area contributed by atoms with Crippen LogP contribution in [-0.4, -0.2) is 21.9 Å². The first-order valence-electron chi connectivity index (χ1n) is 9.24. The topological polar surface area (TPSA) is 68.0 Å². The normalized spacial score (nSPS) is 12.6. The van der Waals surface area contributed by atoms with Crippen molar-refractivity contribution in [1.29, 1.82) is 0 Å². The Kier molecular flexibility index (Phi) is 6.19. The van der Waals surface area contributed by atoms with E-state index in [0.717, 1.165) is 11.1 Å². The number of carbonyl (C=O) groups excluding carboxylic acids is 1. The summed E-state index contributed by atoms with van der Waals surface area (Å²) in [5.74, 6) is 0.610. The standard InChI is InChI=1S/C22H25N3O2S/c1-15(16-8-6-5-7-9-16)23-19(26)14-28-21-25-24-20(27-21)17-10-12-18(13-11-17)22(2,3)4/h5-13,15H,14H2,1-4H3,(H,23,26). The molecule has 2 aromatic carbocycles. The van der Waals surface area contributed by atoms with Crippen molar-refractivity contribution in [3.05, 3.63) is 65.7 Å². The van der Waals surface area contributed by atoms with Gasteiger partial charge in [-0.3, -0.25) is 4.79 Å². The maximum Gasteiger partial charge on any atom is 0.277 e. The highest BCUT2D eigenvalue weighted by Crippen LogP contribution is 2.27. The van der Waals surface area contributed by atoms with E-state index in [1.165, 1.54) is 17.3 Å². The van der Waals surface area contributed by atoms with E-state index in [0.29, 0.717) is 11.1 Å². The van der Waals surface area contributed by atoms with Gasteiger partial charge in [0.05, 0.1) is 11.8 Å². The molecule has 1 atom stereocenters. The Hall–Kier alpha value is -2.60. The summed E-state index contributed by atoms with van der Waals surface area (Å²) in [6.07, 6.45) is 0. The Labute approximate surface area is 170 Å². The van der Waals surface area contributed by atoms with Gasteiger partial charge in [-0.1, -0.05) is 75.0 Å². The van der Waals surface area contributed by atoms with Crippen LogP contribution in [0.4, 0.5) is 0 Å². The minimum Gasteiger partial charge on any atom is -0.411 e. The molecule has 1 unspecified atom stereocenters. The molecule has 1 amide bonds. The van der Waals surface area contributed by atoms with Crippen molar-refractivity contribution in [2.45, 2.75) is 44.4 Å². The summed E-state index contributed by atoms with van der Waals surface area (Å²) >= 11 is 1.24. The number of hydrogen-bond acceptors (Lipinski definition) is 5. The Morgan fingerprint density at radius 2 is 1.75 bits per heavy atom. The van der Waals surface area contributed by atoms with Gasteiger partial charge in [0.2, 0.25) is 11.8 Å². The Balaban J connectivity index is 1.55. The molecule has 1 aromatic heterocycles. The SMILES string of the molecule is CC(NC(=O)CSc1nnc(-c2ccc(C(C)(C)C)cc2)o1)c1ccccc1. The summed E-state index contributed by atoms with van der Waals surface area (Å²) in [4.78, 5) is 12.2. The summed E-state index contributed by atoms with van der Waals surface area (Å²) in [6, 6.07) is 17.9. The summed E-state index contributed by atoms with van der Waals surface area (Å²) < 4.78 is 5.70. The molecule has 5 nitrogen and oxygen atoms in total. The molecule has 1 N–H and O–H groups in total. The third-order valence-corrected chi connectivity index (χ3v) is 5.23. The molecule has 0 saturated carbocycles. The van der Waals surface area contributed by atoms with Gasteiger partial charge in [-0.25, -0.2) is 0 Å². The van der Waals surface area contributed by atoms with Gasteiger partial charge in [0, 0.05) is 5.56 Å². The first kappa shape index (κ1) is 20.1. The van der Waals surface area contributed by atoms with Crippen molar-refractivity contribution >= 4 is 17.7 Å². The van der Waals surface area contributed by atoms with E-state index >= 15 is 0 Å². The van der Waals surface area contributed by atoms with Gasteiger partial charge in [-0.05, 0) is 35.6 Å². The molecule has 1 heterocycles. The zero-order chi connectivity index (χ0) is 20.1. The second kappa shape index (κ2) is 8.61. The monoisotopic (exact) mass is 395 g/mol. The number of hydrogen-bond donors (Lipinski definition) is 1. The van der Waals surface area contributed by atoms with Gasteiger partial charge in [0.1, 0.15) is 0 Å². The molecule has 0 aliphatic rings. The molecule has 0 aliphatic heterocycles. The first-order valence-corrected chi connectivity index (χ1v) is 10.2. The lowest BCUT2D eigenvalue weighted by atomic mass is 9.87. The summed E-state index contributed by atoms with van der Waals surface area (Å²) in [7, 11) is 0. The average molecular weight is 396 g/mol. The lowest BCUT2D eigenvalue weighted by Gasteiger charge is -2.18. The Bertz CT molecular complexity index is 915. The Morgan fingerprint density at radius 3 is 2.39 bits per heavy atom. The average Bonchev–Trinajstić information content (AvgIpc) is 3.15. The highest BCUT2D eigenvalue weighted by Gasteiger charge is 2.16. The third kappa shape index (κ3) is 5.23. The van der Waals surface area contributed by atoms with Crippen LogP contribution in [0.3, 0.4) is 0 Å². The molecule has 0 spiro atoms. The van der Waals surface area contributed by atoms with E-state index in [9.17, 15) is 4.79 Å². The minimum absolute atomic E-state index is 0.0473. The van der Waals surface area contributed by atoms with Crippen molar-refractivity contribution in [3.8, 4) is 11.5 Å². The number of benzene rings is 2. The molecule has 0 aliphatic carbocycles. The molecular formula is C22H25N3O2S. The molecule has 0 radical (unpaired) electrons. The van der Waals surface area contributed by atoms with Gasteiger partial charge in [0.25, 0.3) is 5.22 Å². The number of rotatable bonds is 6. The van der Waals surface area contributed by atoms with E-state index in [1.807, 2.05) is 49.4 Å². The number of nitrogens with one attached hydrogen (secondary N) is 1. The van der Waals surface area contributed by atoms with Crippen molar-refractivity contribution in [2.24, 2.45) is 0 Å². The van der Waals surface area contributed by atoms with Gasteiger partial charge >= 0.3 is 0 Å². The van der Waals surface area contributed by atoms with Gasteiger partial charge in [-0.2, -0.15) is 0 Å². The predicted molar refractivity (Wildman–Crippen MR) is 112 cm³/mol. The van der Waals surface area contributed by atoms with Gasteiger partial charge in [-0.15, -0.1) is 10.2 Å². The van der Waals surface area contributed by atoms with Crippen LogP contribution in [0.15, 0.2) is 64.2 Å². The quantitative estimate of drug-likeness (QED) is 0.595. The molecule has 3 rings (SSSR count). The highest BCUT2D eigenvalue weighted by molar-refractivity contribution is 7.99. The maximum atomic E-state index is 12.2. The van der Waals surface area contributed by atoms with E-state index < -0.39 is 0 Å². The van der Waals surface area contributed by atoms with Gasteiger partial charge in [0.15, 0.2) is 0 Å². The van der Waals surface area contributed by atoms with Crippen LogP contribution in [0.25, 0.3) is 11.5 Å². The van der Waals surface area contributed by atoms with Crippen molar-refractivity contribution in [2.75, 3.05) is 5.75 Å². The number of thioether (sulfide) groups is 1. The number of carbonyl (C=O) groups is 1. The summed E-state index contributed by atoms with van der Waals surface area (Å²) in [6.45, 7) is 8.48. The third-order valence-electron chi connectivity index (χ3n) is 4.41. The number of nitrogens with zero attached hydrogens (tertiary/aromatic N) is 2. The summed E-state index contributed by atoms with van der Waals surface area (Å²) in [5, 5.41) is 11.5. The van der Waals surface area contributed by atoms with Crippen LogP contribution in [0.2, 0.25) is 0 Å². The number of aromatic nitrogens is 2. The fraction of sp³-hybridized carbons (Fsp3) is 0.318. The van der Waals surface area contributed by atoms with Gasteiger partial charge < -0.3 is 9.73 Å². The van der Waals surface area contributed by atoms with Crippen molar-refractivity contribution in [1.82, 2.24) is 15.5 Å². The first-order chi connectivity index (χ1) is 13.3. The molecule has 0 bridgehead atoms. The highest BCUT2D eigenvalue weighted by atomic mass is 32.2. The molecule has 6 heteroatoms. The minimum atomic E-state index is -0.0735. The second-order valence-electron chi connectivity index (χ2n) is 7.69. The molecular weight excluding hydrogens is 370 g/mol. The van der Waals surface area contributed by atoms with Crippen LogP contribution >= 0.6 is 11.8 Å². The maximum absolute atomic E-state index is 12.2. The molecule has 0 saturated heterocycles. The molecule has 28 heavy (non-hydrogen) atoms. The zero-order valence-corrected chi connectivity index (χ0v) is 17.4. The van der Waals surface area contributed by atoms with Crippen LogP contribution in [-0.2, 0) is 10.2 Å². The van der Waals surface area contributed by atoms with Crippen LogP contribution < -0.4 is 5.32 Å². The van der Waals surface area contributed by atoms with Crippen LogP contribution in [0.5, 0.6) is 0 Å². The van der Waals surface area contributed by atoms with E-state index in [1.54, 1.807) is 0 Å². The lowest BCUT2D eigenvalue weighted by Crippen LogP contribution is -2.28. The lowest BCUT2D eigenvalue weighted by molar-refractivity contribution is -0.119. The number of amides is 1. The molecule has 146 valence electrons. The fourth-order valence-electron chi connectivity index (χ4n) is 2.73. The van der Waals surface area contributed by atoms with E-state index in [4.69, 9.17) is 4.42 Å². The predicted octanol–water partition coefficient (Wildman–Crippen LogP) is 5.00. The summed E-state index contributed by atoms with van der Waals surface area (Å²) in [5.41, 5.74) is 3.28. The van der Waals surface area contributed by atoms with Crippen molar-refractivity contribution < 1.29 is 9.21 Å². The van der Waals surface area contributed by atoms with Crippen LogP contribution in [0, 0.1) is 0 Å². The van der Waals surface area contributed by atoms with Crippen molar-refractivity contribution in [3.63, 3.8) is 0 Å². The smallest absolute Gasteiger partial charge is 0.277 e. The second-order valence-corrected chi connectivity index (χ2v) is 8.62. The molecule has 0 fully saturated rings. The molecule has 3 aromatic rings. The Morgan fingerprint density at radius 1 is 1.07 bits per heavy atom. The van der Waals surface area contributed by atoms with Crippen LogP contribution in [0.1, 0.15) is 44.9 Å². The van der Waals surface area contributed by atoms with E-state index in [2.05, 4.69) is 48.4 Å². The largest absolute Gasteiger partial charge is 0.411 e.